The molecule has 0 saturated carbocycles. The second-order valence-corrected chi connectivity index (χ2v) is 7.43. The van der Waals surface area contributed by atoms with Crippen LogP contribution >= 0.6 is 0 Å². The van der Waals surface area contributed by atoms with E-state index in [0.29, 0.717) is 5.69 Å². The summed E-state index contributed by atoms with van der Waals surface area (Å²) in [6, 6.07) is -5.12. The van der Waals surface area contributed by atoms with Gasteiger partial charge in [0.1, 0.15) is 18.1 Å². The standard InChI is InChI=1S/C18H30N6O7/c1-8(2)13(17(29)24-14(9(3)26)18(30)31)23-16(28)12(4-10-5-20-7-21-10)22-15(27)11(19)6-25/h5,7-9,11-14,25-26H,4,6,19H2,1-3H3,(H,20,21)(H,22,27)(H,23,28)(H,24,29)(H,30,31). The number of nitrogens with zero attached hydrogens (tertiary/aromatic N) is 1. The van der Waals surface area contributed by atoms with Crippen molar-refractivity contribution >= 4 is 23.7 Å². The van der Waals surface area contributed by atoms with Gasteiger partial charge >= 0.3 is 5.97 Å². The van der Waals surface area contributed by atoms with Gasteiger partial charge in [-0.1, -0.05) is 13.8 Å². The number of H-pyrrole nitrogens is 1. The van der Waals surface area contributed by atoms with Crippen molar-refractivity contribution in [1.29, 1.82) is 0 Å². The lowest BCUT2D eigenvalue weighted by molar-refractivity contribution is -0.145. The van der Waals surface area contributed by atoms with E-state index in [1.165, 1.54) is 19.4 Å². The van der Waals surface area contributed by atoms with Crippen LogP contribution in [0.2, 0.25) is 0 Å². The average molecular weight is 442 g/mol. The van der Waals surface area contributed by atoms with E-state index in [9.17, 15) is 24.3 Å². The molecule has 1 aromatic heterocycles. The Hall–Kier alpha value is -3.03. The highest BCUT2D eigenvalue weighted by atomic mass is 16.4. The van der Waals surface area contributed by atoms with Gasteiger partial charge in [0.25, 0.3) is 0 Å². The highest BCUT2D eigenvalue weighted by molar-refractivity contribution is 5.94. The second-order valence-electron chi connectivity index (χ2n) is 7.43. The Morgan fingerprint density at radius 3 is 2.13 bits per heavy atom. The number of aromatic amines is 1. The summed E-state index contributed by atoms with van der Waals surface area (Å²) in [6.45, 7) is 3.85. The van der Waals surface area contributed by atoms with E-state index in [4.69, 9.17) is 15.9 Å². The molecule has 5 atom stereocenters. The number of hydrogen-bond donors (Lipinski definition) is 8. The van der Waals surface area contributed by atoms with Crippen LogP contribution in [0.5, 0.6) is 0 Å². The number of aromatic nitrogens is 2. The van der Waals surface area contributed by atoms with Gasteiger partial charge in [-0.3, -0.25) is 14.4 Å². The number of nitrogens with two attached hydrogens (primary N) is 1. The van der Waals surface area contributed by atoms with Crippen molar-refractivity contribution in [2.45, 2.75) is 57.5 Å². The van der Waals surface area contributed by atoms with Crippen LogP contribution in [0.15, 0.2) is 12.5 Å². The summed E-state index contributed by atoms with van der Waals surface area (Å²) in [4.78, 5) is 55.4. The van der Waals surface area contributed by atoms with Crippen molar-refractivity contribution in [2.75, 3.05) is 6.61 Å². The van der Waals surface area contributed by atoms with Crippen LogP contribution in [0, 0.1) is 5.92 Å². The number of aliphatic hydroxyl groups excluding tert-OH is 2. The fourth-order valence-corrected chi connectivity index (χ4v) is 2.61. The molecular formula is C18H30N6O7. The minimum Gasteiger partial charge on any atom is -0.480 e. The van der Waals surface area contributed by atoms with E-state index >= 15 is 0 Å². The van der Waals surface area contributed by atoms with Gasteiger partial charge < -0.3 is 42.0 Å². The summed E-state index contributed by atoms with van der Waals surface area (Å²) < 4.78 is 0. The Bertz CT molecular complexity index is 753. The van der Waals surface area contributed by atoms with E-state index in [-0.39, 0.29) is 6.42 Å². The van der Waals surface area contributed by atoms with Crippen LogP contribution in [-0.2, 0) is 25.6 Å². The third-order valence-corrected chi connectivity index (χ3v) is 4.44. The highest BCUT2D eigenvalue weighted by Gasteiger charge is 2.33. The number of carbonyl (C=O) groups excluding carboxylic acids is 3. The minimum atomic E-state index is -1.56. The third kappa shape index (κ3) is 7.96. The molecule has 0 spiro atoms. The predicted molar refractivity (Wildman–Crippen MR) is 107 cm³/mol. The van der Waals surface area contributed by atoms with Crippen molar-refractivity contribution in [2.24, 2.45) is 11.7 Å². The summed E-state index contributed by atoms with van der Waals surface area (Å²) in [5.74, 6) is -4.19. The molecule has 0 aromatic carbocycles. The number of carboxylic acid groups (broad SMARTS) is 1. The van der Waals surface area contributed by atoms with Gasteiger partial charge in [0.2, 0.25) is 17.7 Å². The average Bonchev–Trinajstić information content (AvgIpc) is 3.20. The lowest BCUT2D eigenvalue weighted by Gasteiger charge is -2.27. The number of imidazole rings is 1. The normalized spacial score (nSPS) is 16.0. The molecule has 13 heteroatoms. The molecule has 1 aromatic rings. The zero-order valence-electron chi connectivity index (χ0n) is 17.5. The molecule has 31 heavy (non-hydrogen) atoms. The Morgan fingerprint density at radius 2 is 1.68 bits per heavy atom. The monoisotopic (exact) mass is 442 g/mol. The first-order valence-corrected chi connectivity index (χ1v) is 9.63. The Morgan fingerprint density at radius 1 is 1.06 bits per heavy atom. The van der Waals surface area contributed by atoms with Gasteiger partial charge in [-0.15, -0.1) is 0 Å². The van der Waals surface area contributed by atoms with E-state index in [0.717, 1.165) is 0 Å². The van der Waals surface area contributed by atoms with Crippen molar-refractivity contribution in [3.63, 3.8) is 0 Å². The summed E-state index contributed by atoms with van der Waals surface area (Å²) in [5.41, 5.74) is 6.01. The molecule has 1 heterocycles. The molecule has 1 rings (SSSR count). The molecule has 13 nitrogen and oxygen atoms in total. The van der Waals surface area contributed by atoms with Crippen molar-refractivity contribution in [3.8, 4) is 0 Å². The first kappa shape index (κ1) is 26.0. The van der Waals surface area contributed by atoms with Crippen LogP contribution in [0.1, 0.15) is 26.5 Å². The largest absolute Gasteiger partial charge is 0.480 e. The number of aliphatic hydroxyl groups is 2. The maximum Gasteiger partial charge on any atom is 0.328 e. The third-order valence-electron chi connectivity index (χ3n) is 4.44. The van der Waals surface area contributed by atoms with Gasteiger partial charge in [-0.2, -0.15) is 0 Å². The first-order valence-electron chi connectivity index (χ1n) is 9.63. The fraction of sp³-hybridized carbons (Fsp3) is 0.611. The predicted octanol–water partition coefficient (Wildman–Crippen LogP) is -3.15. The zero-order valence-corrected chi connectivity index (χ0v) is 17.5. The van der Waals surface area contributed by atoms with Gasteiger partial charge in [0, 0.05) is 18.3 Å². The number of amides is 3. The molecule has 9 N–H and O–H groups in total. The van der Waals surface area contributed by atoms with E-state index in [1.54, 1.807) is 13.8 Å². The molecule has 3 amide bonds. The summed E-state index contributed by atoms with van der Waals surface area (Å²) in [6.07, 6.45) is 1.47. The van der Waals surface area contributed by atoms with Crippen LogP contribution in [-0.4, -0.2) is 85.9 Å². The van der Waals surface area contributed by atoms with E-state index in [1.807, 2.05) is 0 Å². The zero-order chi connectivity index (χ0) is 23.7. The lowest BCUT2D eigenvalue weighted by Crippen LogP contribution is -2.60. The Kier molecular flexibility index (Phi) is 10.0. The molecule has 5 unspecified atom stereocenters. The first-order chi connectivity index (χ1) is 14.5. The summed E-state index contributed by atoms with van der Waals surface area (Å²) in [7, 11) is 0. The molecule has 0 saturated heterocycles. The topological polar surface area (TPSA) is 220 Å². The van der Waals surface area contributed by atoms with Crippen molar-refractivity contribution in [3.05, 3.63) is 18.2 Å². The maximum absolute atomic E-state index is 12.9. The van der Waals surface area contributed by atoms with Gasteiger partial charge in [-0.05, 0) is 12.8 Å². The van der Waals surface area contributed by atoms with Gasteiger partial charge in [0.05, 0.1) is 19.0 Å². The van der Waals surface area contributed by atoms with Crippen LogP contribution in [0.25, 0.3) is 0 Å². The Balaban J connectivity index is 3.00. The number of hydrogen-bond acceptors (Lipinski definition) is 8. The molecule has 0 fully saturated rings. The molecular weight excluding hydrogens is 412 g/mol. The fourth-order valence-electron chi connectivity index (χ4n) is 2.61. The molecule has 0 aliphatic heterocycles. The number of nitrogens with one attached hydrogen (secondary N) is 4. The smallest absolute Gasteiger partial charge is 0.328 e. The molecule has 0 aliphatic rings. The second kappa shape index (κ2) is 12.0. The van der Waals surface area contributed by atoms with Crippen molar-refractivity contribution in [1.82, 2.24) is 25.9 Å². The quantitative estimate of drug-likeness (QED) is 0.163. The van der Waals surface area contributed by atoms with Crippen LogP contribution < -0.4 is 21.7 Å². The SMILES string of the molecule is CC(C)C(NC(=O)C(Cc1cnc[nH]1)NC(=O)C(N)CO)C(=O)NC(C(=O)O)C(C)O. The lowest BCUT2D eigenvalue weighted by atomic mass is 10.0. The summed E-state index contributed by atoms with van der Waals surface area (Å²) in [5, 5.41) is 34.9. The van der Waals surface area contributed by atoms with E-state index in [2.05, 4.69) is 25.9 Å². The molecule has 174 valence electrons. The van der Waals surface area contributed by atoms with Crippen molar-refractivity contribution < 1.29 is 34.5 Å². The number of carboxylic acids is 1. The van der Waals surface area contributed by atoms with Gasteiger partial charge in [0.15, 0.2) is 6.04 Å². The number of carbonyl (C=O) groups is 4. The number of aliphatic carboxylic acids is 1. The highest BCUT2D eigenvalue weighted by Crippen LogP contribution is 2.06. The van der Waals surface area contributed by atoms with Crippen LogP contribution in [0.3, 0.4) is 0 Å². The maximum atomic E-state index is 12.9. The Labute approximate surface area is 178 Å². The number of rotatable bonds is 12. The molecule has 0 bridgehead atoms. The minimum absolute atomic E-state index is 0.00637. The molecule has 0 aliphatic carbocycles. The van der Waals surface area contributed by atoms with E-state index < -0.39 is 66.5 Å². The summed E-state index contributed by atoms with van der Waals surface area (Å²) >= 11 is 0. The molecule has 0 radical (unpaired) electrons. The van der Waals surface area contributed by atoms with Gasteiger partial charge in [-0.25, -0.2) is 9.78 Å². The van der Waals surface area contributed by atoms with Crippen LogP contribution in [0.4, 0.5) is 0 Å².